The Hall–Kier alpha value is -1.49. The van der Waals surface area contributed by atoms with Crippen LogP contribution in [0.4, 0.5) is 11.4 Å². The fraction of sp³-hybridized carbons (Fsp3) is 0.364. The molecule has 0 amide bonds. The van der Waals surface area contributed by atoms with Gasteiger partial charge in [-0.15, -0.1) is 0 Å². The Morgan fingerprint density at radius 1 is 1.62 bits per heavy atom. The molecule has 1 aromatic carbocycles. The quantitative estimate of drug-likeness (QED) is 0.562. The summed E-state index contributed by atoms with van der Waals surface area (Å²) < 4.78 is 10.7. The van der Waals surface area contributed by atoms with E-state index in [0.29, 0.717) is 17.8 Å². The third-order valence-corrected chi connectivity index (χ3v) is 2.95. The fourth-order valence-corrected chi connectivity index (χ4v) is 1.91. The van der Waals surface area contributed by atoms with Gasteiger partial charge in [0.1, 0.15) is 25.9 Å². The first-order chi connectivity index (χ1) is 7.64. The number of nitrogens with one attached hydrogen (secondary N) is 1. The predicted octanol–water partition coefficient (Wildman–Crippen LogP) is 0.979. The summed E-state index contributed by atoms with van der Waals surface area (Å²) >= 11 is 0. The van der Waals surface area contributed by atoms with Crippen molar-refractivity contribution >= 4 is 30.4 Å². The Balaban J connectivity index is 0.00000108. The number of ether oxygens (including phenoxy) is 2. The van der Waals surface area contributed by atoms with Crippen molar-refractivity contribution < 1.29 is 10.9 Å². The molecule has 0 aliphatic carbocycles. The lowest BCUT2D eigenvalue weighted by atomic mass is 9.94. The molecule has 1 fully saturated rings. The number of nitrogens with zero attached hydrogens (tertiary/aromatic N) is 1. The minimum Gasteiger partial charge on any atom is -0.494 e. The van der Waals surface area contributed by atoms with Crippen molar-refractivity contribution in [2.24, 2.45) is 4.99 Å². The maximum Gasteiger partial charge on any atom is 0.202 e. The molecule has 1 aromatic rings. The predicted molar refractivity (Wildman–Crippen MR) is 65.6 cm³/mol. The minimum atomic E-state index is -0.397. The van der Waals surface area contributed by atoms with Gasteiger partial charge in [-0.1, -0.05) is 5.46 Å². The van der Waals surface area contributed by atoms with Gasteiger partial charge in [-0.2, -0.15) is 0 Å². The van der Waals surface area contributed by atoms with E-state index in [2.05, 4.69) is 10.3 Å². The molecular weight excluding hydrogens is 203 g/mol. The van der Waals surface area contributed by atoms with Crippen LogP contribution in [0.15, 0.2) is 17.1 Å². The summed E-state index contributed by atoms with van der Waals surface area (Å²) in [6.45, 7) is 2.59. The molecule has 1 spiro atoms. The number of fused-ring (bicyclic) bond motifs is 1. The summed E-state index contributed by atoms with van der Waals surface area (Å²) in [6.07, 6.45) is 0. The van der Waals surface area contributed by atoms with Crippen LogP contribution in [0.5, 0.6) is 5.75 Å². The van der Waals surface area contributed by atoms with Gasteiger partial charge >= 0.3 is 0 Å². The van der Waals surface area contributed by atoms with Crippen LogP contribution in [-0.4, -0.2) is 33.0 Å². The highest BCUT2D eigenvalue weighted by atomic mass is 16.6. The number of benzene rings is 1. The van der Waals surface area contributed by atoms with Gasteiger partial charge < -0.3 is 14.8 Å². The van der Waals surface area contributed by atoms with Gasteiger partial charge in [0.2, 0.25) is 5.72 Å². The molecule has 1 N–H and O–H groups in total. The number of epoxide rings is 1. The first kappa shape index (κ1) is 9.72. The van der Waals surface area contributed by atoms with Crippen molar-refractivity contribution in [3.05, 3.63) is 12.1 Å². The van der Waals surface area contributed by atoms with E-state index in [1.807, 2.05) is 13.0 Å². The summed E-state index contributed by atoms with van der Waals surface area (Å²) in [4.78, 5) is 4.52. The van der Waals surface area contributed by atoms with Gasteiger partial charge in [-0.25, -0.2) is 4.99 Å². The minimum absolute atomic E-state index is 0. The van der Waals surface area contributed by atoms with E-state index in [9.17, 15) is 0 Å². The van der Waals surface area contributed by atoms with Gasteiger partial charge in [0.15, 0.2) is 0 Å². The normalized spacial score (nSPS) is 25.8. The molecule has 1 saturated heterocycles. The van der Waals surface area contributed by atoms with E-state index in [0.717, 1.165) is 17.1 Å². The van der Waals surface area contributed by atoms with Crippen LogP contribution >= 0.6 is 0 Å². The van der Waals surface area contributed by atoms with Crippen molar-refractivity contribution in [1.29, 1.82) is 0 Å². The third-order valence-electron chi connectivity index (χ3n) is 2.95. The van der Waals surface area contributed by atoms with E-state index >= 15 is 0 Å². The Morgan fingerprint density at radius 3 is 3.00 bits per heavy atom. The number of hydrogen-bond acceptors (Lipinski definition) is 4. The molecule has 0 aromatic heterocycles. The largest absolute Gasteiger partial charge is 0.494 e. The van der Waals surface area contributed by atoms with E-state index in [1.54, 1.807) is 13.2 Å². The number of methoxy groups -OCH3 is 1. The smallest absolute Gasteiger partial charge is 0.202 e. The number of hydrogen-bond donors (Lipinski definition) is 1. The Morgan fingerprint density at radius 2 is 2.38 bits per heavy atom. The van der Waals surface area contributed by atoms with Gasteiger partial charge in [-0.3, -0.25) is 0 Å². The summed E-state index contributed by atoms with van der Waals surface area (Å²) in [5.74, 6) is 0.678. The highest BCUT2D eigenvalue weighted by Crippen LogP contribution is 2.44. The fourth-order valence-electron chi connectivity index (χ4n) is 1.91. The van der Waals surface area contributed by atoms with Crippen LogP contribution in [0.2, 0.25) is 0 Å². The zero-order chi connectivity index (χ0) is 11.3. The van der Waals surface area contributed by atoms with Crippen LogP contribution in [0.25, 0.3) is 0 Å². The van der Waals surface area contributed by atoms with Crippen LogP contribution in [0.3, 0.4) is 0 Å². The van der Waals surface area contributed by atoms with Crippen molar-refractivity contribution in [3.63, 3.8) is 0 Å². The molecule has 1 atom stereocenters. The Labute approximate surface area is 96.6 Å². The summed E-state index contributed by atoms with van der Waals surface area (Å²) in [7, 11) is 7.40. The van der Waals surface area contributed by atoms with Crippen molar-refractivity contribution in [3.8, 4) is 5.75 Å². The molecule has 2 aliphatic heterocycles. The van der Waals surface area contributed by atoms with Crippen LogP contribution < -0.4 is 15.5 Å². The second-order valence-corrected chi connectivity index (χ2v) is 4.06. The lowest BCUT2D eigenvalue weighted by Gasteiger charge is -2.24. The topological polar surface area (TPSA) is 46.1 Å². The molecule has 3 rings (SSSR count). The summed E-state index contributed by atoms with van der Waals surface area (Å²) in [6, 6.07) is 3.61. The van der Waals surface area contributed by atoms with Crippen molar-refractivity contribution in [2.45, 2.75) is 12.6 Å². The van der Waals surface area contributed by atoms with Gasteiger partial charge in [0.25, 0.3) is 0 Å². The van der Waals surface area contributed by atoms with Crippen LogP contribution in [0.1, 0.15) is 8.35 Å². The van der Waals surface area contributed by atoms with Gasteiger partial charge in [0, 0.05) is 1.43 Å². The van der Waals surface area contributed by atoms with E-state index in [1.165, 1.54) is 0 Å². The van der Waals surface area contributed by atoms with Gasteiger partial charge in [-0.05, 0) is 19.1 Å². The second-order valence-electron chi connectivity index (χ2n) is 4.06. The van der Waals surface area contributed by atoms with E-state index in [4.69, 9.17) is 17.3 Å². The third kappa shape index (κ3) is 1.24. The molecule has 2 radical (unpaired) electrons. The standard InChI is InChI=1S/C11H11BN2O2.H2/c1-6-11(5-16-11)14-8-3-7(12)4-9(15-2)10(8)13-6;/h3-4,14H,5H2,1-2H3;1H. The molecule has 16 heavy (non-hydrogen) atoms. The summed E-state index contributed by atoms with van der Waals surface area (Å²) in [5.41, 5.74) is 2.82. The highest BCUT2D eigenvalue weighted by Gasteiger charge is 2.50. The molecule has 82 valence electrons. The average molecular weight is 216 g/mol. The maximum absolute atomic E-state index is 5.79. The van der Waals surface area contributed by atoms with Gasteiger partial charge in [0.05, 0.1) is 18.5 Å². The molecule has 4 nitrogen and oxygen atoms in total. The number of anilines is 1. The monoisotopic (exact) mass is 216 g/mol. The second kappa shape index (κ2) is 3.01. The molecular formula is C11H13BN2O2. The average Bonchev–Trinajstić information content (AvgIpc) is 3.01. The first-order valence-electron chi connectivity index (χ1n) is 5.10. The summed E-state index contributed by atoms with van der Waals surface area (Å²) in [5, 5.41) is 3.30. The highest BCUT2D eigenvalue weighted by molar-refractivity contribution is 6.33. The lowest BCUT2D eigenvalue weighted by Crippen LogP contribution is -2.34. The van der Waals surface area contributed by atoms with Crippen molar-refractivity contribution in [1.82, 2.24) is 0 Å². The SMILES string of the molecule is [B]c1cc2c(c(OC)c1)N=C(C)C1(CO1)N2.[HH]. The molecule has 1 unspecified atom stereocenters. The molecule has 5 heteroatoms. The lowest BCUT2D eigenvalue weighted by molar-refractivity contribution is 0.388. The Bertz CT molecular complexity index is 500. The molecule has 0 saturated carbocycles. The maximum atomic E-state index is 5.79. The number of rotatable bonds is 1. The van der Waals surface area contributed by atoms with E-state index < -0.39 is 5.72 Å². The van der Waals surface area contributed by atoms with Crippen LogP contribution in [0, 0.1) is 0 Å². The zero-order valence-corrected chi connectivity index (χ0v) is 9.20. The molecule has 0 bridgehead atoms. The Kier molecular flexibility index (Phi) is 1.83. The molecule has 2 heterocycles. The number of aliphatic imine (C=N–C) groups is 1. The van der Waals surface area contributed by atoms with Crippen LogP contribution in [-0.2, 0) is 4.74 Å². The van der Waals surface area contributed by atoms with Crippen molar-refractivity contribution in [2.75, 3.05) is 19.0 Å². The van der Waals surface area contributed by atoms with E-state index in [-0.39, 0.29) is 1.43 Å². The first-order valence-corrected chi connectivity index (χ1v) is 5.10. The molecule has 2 aliphatic rings. The zero-order valence-electron chi connectivity index (χ0n) is 9.20.